The minimum absolute atomic E-state index is 0.0442. The van der Waals surface area contributed by atoms with Gasteiger partial charge in [0.15, 0.2) is 0 Å². The Kier molecular flexibility index (Phi) is 5.31. The molecule has 0 radical (unpaired) electrons. The van der Waals surface area contributed by atoms with Crippen LogP contribution in [0.2, 0.25) is 0 Å². The minimum atomic E-state index is -0.238. The Hall–Kier alpha value is -3.38. The van der Waals surface area contributed by atoms with Crippen molar-refractivity contribution < 1.29 is 18.7 Å². The van der Waals surface area contributed by atoms with Crippen LogP contribution in [0.5, 0.6) is 11.5 Å². The van der Waals surface area contributed by atoms with Gasteiger partial charge in [0.1, 0.15) is 23.4 Å². The van der Waals surface area contributed by atoms with E-state index in [2.05, 4.69) is 4.90 Å². The lowest BCUT2D eigenvalue weighted by Gasteiger charge is -2.25. The summed E-state index contributed by atoms with van der Waals surface area (Å²) in [6.07, 6.45) is -0.153. The quantitative estimate of drug-likeness (QED) is 0.619. The molecule has 0 saturated carbocycles. The predicted molar refractivity (Wildman–Crippen MR) is 120 cm³/mol. The number of ether oxygens (including phenoxy) is 2. The molecule has 5 nitrogen and oxygen atoms in total. The van der Waals surface area contributed by atoms with Crippen LogP contribution in [0.4, 0.5) is 4.39 Å². The highest BCUT2D eigenvalue weighted by Crippen LogP contribution is 2.35. The first-order valence-electron chi connectivity index (χ1n) is 10.7. The Morgan fingerprint density at radius 3 is 2.66 bits per heavy atom. The SMILES string of the molecule is COc1cccc(-c2ccc3c(c2)O[C@H]2CN(Cc4cccc(F)c4)C[C@H]2N(C)C3=O)c1. The number of hydrogen-bond acceptors (Lipinski definition) is 4. The second-order valence-electron chi connectivity index (χ2n) is 8.41. The van der Waals surface area contributed by atoms with Crippen LogP contribution in [0.15, 0.2) is 66.7 Å². The maximum atomic E-state index is 13.6. The zero-order chi connectivity index (χ0) is 22.2. The second-order valence-corrected chi connectivity index (χ2v) is 8.41. The van der Waals surface area contributed by atoms with Crippen LogP contribution in [-0.2, 0) is 6.54 Å². The van der Waals surface area contributed by atoms with Gasteiger partial charge in [-0.25, -0.2) is 4.39 Å². The lowest BCUT2D eigenvalue weighted by molar-refractivity contribution is 0.0682. The van der Waals surface area contributed by atoms with Gasteiger partial charge in [-0.2, -0.15) is 0 Å². The summed E-state index contributed by atoms with van der Waals surface area (Å²) in [4.78, 5) is 17.2. The molecule has 1 saturated heterocycles. The Morgan fingerprint density at radius 1 is 1.03 bits per heavy atom. The summed E-state index contributed by atoms with van der Waals surface area (Å²) in [7, 11) is 3.48. The third kappa shape index (κ3) is 3.82. The molecule has 1 amide bonds. The van der Waals surface area contributed by atoms with Crippen LogP contribution in [0.1, 0.15) is 15.9 Å². The summed E-state index contributed by atoms with van der Waals surface area (Å²) in [6.45, 7) is 1.97. The highest BCUT2D eigenvalue weighted by molar-refractivity contribution is 5.98. The van der Waals surface area contributed by atoms with Gasteiger partial charge in [0.2, 0.25) is 0 Å². The Morgan fingerprint density at radius 2 is 1.84 bits per heavy atom. The fourth-order valence-electron chi connectivity index (χ4n) is 4.63. The van der Waals surface area contributed by atoms with Crippen LogP contribution in [0, 0.1) is 5.82 Å². The van der Waals surface area contributed by atoms with Crippen molar-refractivity contribution in [2.45, 2.75) is 18.7 Å². The molecule has 5 rings (SSSR count). The zero-order valence-corrected chi connectivity index (χ0v) is 18.1. The number of likely N-dealkylation sites (tertiary alicyclic amines) is 1. The molecule has 6 heteroatoms. The Bertz CT molecular complexity index is 1170. The normalized spacial score (nSPS) is 20.3. The molecule has 0 N–H and O–H groups in total. The molecule has 164 valence electrons. The molecule has 0 spiro atoms. The maximum Gasteiger partial charge on any atom is 0.257 e. The van der Waals surface area contributed by atoms with Crippen molar-refractivity contribution >= 4 is 5.91 Å². The molecule has 0 bridgehead atoms. The number of likely N-dealkylation sites (N-methyl/N-ethyl adjacent to an activating group) is 1. The Labute approximate surface area is 187 Å². The van der Waals surface area contributed by atoms with E-state index in [9.17, 15) is 9.18 Å². The molecule has 2 heterocycles. The number of carbonyl (C=O) groups excluding carboxylic acids is 1. The van der Waals surface area contributed by atoms with Crippen molar-refractivity contribution in [3.8, 4) is 22.6 Å². The average Bonchev–Trinajstić information content (AvgIpc) is 3.16. The Balaban J connectivity index is 1.42. The smallest absolute Gasteiger partial charge is 0.257 e. The monoisotopic (exact) mass is 432 g/mol. The topological polar surface area (TPSA) is 42.0 Å². The summed E-state index contributed by atoms with van der Waals surface area (Å²) in [6, 6.07) is 20.1. The van der Waals surface area contributed by atoms with E-state index in [1.54, 1.807) is 24.1 Å². The number of hydrogen-bond donors (Lipinski definition) is 0. The minimum Gasteiger partial charge on any atom is -0.497 e. The van der Waals surface area contributed by atoms with Crippen molar-refractivity contribution in [3.63, 3.8) is 0 Å². The number of nitrogens with zero attached hydrogens (tertiary/aromatic N) is 2. The van der Waals surface area contributed by atoms with E-state index in [4.69, 9.17) is 9.47 Å². The standard InChI is InChI=1S/C26H25FN2O3/c1-28-23-15-29(14-17-5-3-7-20(27)11-17)16-25(23)32-24-13-19(9-10-22(24)26(28)30)18-6-4-8-21(12-18)31-2/h3-13,23,25H,14-16H2,1-2H3/t23-,25+/m1/s1. The maximum absolute atomic E-state index is 13.6. The number of rotatable bonds is 4. The van der Waals surface area contributed by atoms with Gasteiger partial charge < -0.3 is 14.4 Å². The van der Waals surface area contributed by atoms with E-state index in [0.717, 1.165) is 22.4 Å². The molecule has 3 aromatic rings. The van der Waals surface area contributed by atoms with E-state index in [0.29, 0.717) is 30.9 Å². The zero-order valence-electron chi connectivity index (χ0n) is 18.1. The summed E-state index contributed by atoms with van der Waals surface area (Å²) in [5, 5.41) is 0. The van der Waals surface area contributed by atoms with Crippen molar-refractivity contribution in [2.75, 3.05) is 27.2 Å². The highest BCUT2D eigenvalue weighted by atomic mass is 19.1. The molecule has 2 aliphatic heterocycles. The van der Waals surface area contributed by atoms with Gasteiger partial charge in [0.05, 0.1) is 18.7 Å². The first-order valence-corrected chi connectivity index (χ1v) is 10.7. The number of amides is 1. The van der Waals surface area contributed by atoms with E-state index >= 15 is 0 Å². The number of benzene rings is 3. The molecule has 3 aromatic carbocycles. The third-order valence-electron chi connectivity index (χ3n) is 6.32. The molecule has 1 fully saturated rings. The van der Waals surface area contributed by atoms with Gasteiger partial charge in [-0.05, 0) is 53.1 Å². The van der Waals surface area contributed by atoms with Gasteiger partial charge in [-0.3, -0.25) is 9.69 Å². The first-order chi connectivity index (χ1) is 15.5. The largest absolute Gasteiger partial charge is 0.497 e. The number of carbonyl (C=O) groups is 1. The van der Waals surface area contributed by atoms with E-state index < -0.39 is 0 Å². The molecule has 2 atom stereocenters. The third-order valence-corrected chi connectivity index (χ3v) is 6.32. The first kappa shape index (κ1) is 20.5. The van der Waals surface area contributed by atoms with Crippen molar-refractivity contribution in [1.82, 2.24) is 9.80 Å². The average molecular weight is 432 g/mol. The highest BCUT2D eigenvalue weighted by Gasteiger charge is 2.42. The van der Waals surface area contributed by atoms with Crippen LogP contribution in [0.25, 0.3) is 11.1 Å². The molecule has 0 aromatic heterocycles. The van der Waals surface area contributed by atoms with Crippen molar-refractivity contribution in [1.29, 1.82) is 0 Å². The summed E-state index contributed by atoms with van der Waals surface area (Å²) in [5.74, 6) is 1.09. The lowest BCUT2D eigenvalue weighted by Crippen LogP contribution is -2.44. The van der Waals surface area contributed by atoms with Gasteiger partial charge in [-0.1, -0.05) is 30.3 Å². The molecule has 2 aliphatic rings. The van der Waals surface area contributed by atoms with Crippen LogP contribution >= 0.6 is 0 Å². The lowest BCUT2D eigenvalue weighted by atomic mass is 10.0. The number of methoxy groups -OCH3 is 1. The summed E-state index contributed by atoms with van der Waals surface area (Å²) in [5.41, 5.74) is 3.45. The van der Waals surface area contributed by atoms with Crippen molar-refractivity contribution in [3.05, 3.63) is 83.7 Å². The van der Waals surface area contributed by atoms with Crippen LogP contribution in [-0.4, -0.2) is 55.1 Å². The predicted octanol–water partition coefficient (Wildman–Crippen LogP) is 4.22. The second kappa shape index (κ2) is 8.28. The summed E-state index contributed by atoms with van der Waals surface area (Å²) < 4.78 is 25.4. The molecule has 0 aliphatic carbocycles. The van der Waals surface area contributed by atoms with Crippen molar-refractivity contribution in [2.24, 2.45) is 0 Å². The van der Waals surface area contributed by atoms with Gasteiger partial charge >= 0.3 is 0 Å². The van der Waals surface area contributed by atoms with Gasteiger partial charge in [-0.15, -0.1) is 0 Å². The van der Waals surface area contributed by atoms with E-state index in [-0.39, 0.29) is 23.9 Å². The van der Waals surface area contributed by atoms with Gasteiger partial charge in [0, 0.05) is 26.7 Å². The van der Waals surface area contributed by atoms with E-state index in [1.807, 2.05) is 55.6 Å². The molecule has 0 unspecified atom stereocenters. The molecular weight excluding hydrogens is 407 g/mol. The number of fused-ring (bicyclic) bond motifs is 2. The fraction of sp³-hybridized carbons (Fsp3) is 0.269. The van der Waals surface area contributed by atoms with E-state index in [1.165, 1.54) is 6.07 Å². The summed E-state index contributed by atoms with van der Waals surface area (Å²) >= 11 is 0. The fourth-order valence-corrected chi connectivity index (χ4v) is 4.63. The van der Waals surface area contributed by atoms with Crippen LogP contribution < -0.4 is 9.47 Å². The molecule has 32 heavy (non-hydrogen) atoms. The molecular formula is C26H25FN2O3. The van der Waals surface area contributed by atoms with Gasteiger partial charge in [0.25, 0.3) is 5.91 Å². The number of halogens is 1. The van der Waals surface area contributed by atoms with Crippen LogP contribution in [0.3, 0.4) is 0 Å².